The first kappa shape index (κ1) is 28.4. The van der Waals surface area contributed by atoms with Gasteiger partial charge in [-0.1, -0.05) is 92.0 Å². The Bertz CT molecular complexity index is 596. The molecule has 2 aliphatic carbocycles. The number of Topliss-reactive ketones (excluding diaryl/α,β-unsaturated/α-hetero) is 2. The molecule has 0 heterocycles. The van der Waals surface area contributed by atoms with Gasteiger partial charge < -0.3 is 5.32 Å². The van der Waals surface area contributed by atoms with Crippen molar-refractivity contribution in [1.29, 1.82) is 0 Å². The maximum absolute atomic E-state index is 13.6. The van der Waals surface area contributed by atoms with Crippen LogP contribution >= 0.6 is 0 Å². The lowest BCUT2D eigenvalue weighted by Crippen LogP contribution is -2.52. The summed E-state index contributed by atoms with van der Waals surface area (Å²) in [5, 5.41) is 3.47. The van der Waals surface area contributed by atoms with Crippen molar-refractivity contribution in [2.75, 3.05) is 0 Å². The van der Waals surface area contributed by atoms with Crippen LogP contribution in [0.2, 0.25) is 0 Å². The van der Waals surface area contributed by atoms with E-state index in [4.69, 9.17) is 0 Å². The van der Waals surface area contributed by atoms with Crippen molar-refractivity contribution in [1.82, 2.24) is 5.32 Å². The van der Waals surface area contributed by atoms with Crippen LogP contribution in [0.5, 0.6) is 0 Å². The van der Waals surface area contributed by atoms with Gasteiger partial charge in [0, 0.05) is 17.5 Å². The fourth-order valence-electron chi connectivity index (χ4n) is 4.60. The van der Waals surface area contributed by atoms with Gasteiger partial charge in [0.05, 0.1) is 6.04 Å². The molecule has 3 nitrogen and oxygen atoms in total. The number of hydrogen-bond donors (Lipinski definition) is 1. The predicted molar refractivity (Wildman–Crippen MR) is 130 cm³/mol. The zero-order chi connectivity index (χ0) is 21.9. The minimum atomic E-state index is -0.270. The number of nitrogens with one attached hydrogen (secondary N) is 1. The molecule has 1 saturated carbocycles. The Morgan fingerprint density at radius 2 is 1.87 bits per heavy atom. The number of allylic oxidation sites excluding steroid dienone is 4. The van der Waals surface area contributed by atoms with E-state index in [2.05, 4.69) is 31.8 Å². The van der Waals surface area contributed by atoms with Crippen molar-refractivity contribution in [2.45, 2.75) is 106 Å². The van der Waals surface area contributed by atoms with Gasteiger partial charge in [-0.3, -0.25) is 9.59 Å². The van der Waals surface area contributed by atoms with Gasteiger partial charge in [-0.15, -0.1) is 0 Å². The summed E-state index contributed by atoms with van der Waals surface area (Å²) in [6.07, 6.45) is 17.8. The summed E-state index contributed by atoms with van der Waals surface area (Å²) in [5.41, 5.74) is 0.737. The molecule has 0 bridgehead atoms. The lowest BCUT2D eigenvalue weighted by atomic mass is 9.67. The van der Waals surface area contributed by atoms with Gasteiger partial charge in [0.1, 0.15) is 5.78 Å². The lowest BCUT2D eigenvalue weighted by Gasteiger charge is -2.42. The fraction of sp³-hybridized carbons (Fsp3) is 0.704. The molecule has 172 valence electrons. The minimum Gasteiger partial charge on any atom is -0.375 e. The zero-order valence-electron chi connectivity index (χ0n) is 19.4. The first-order chi connectivity index (χ1) is 13.9. The highest BCUT2D eigenvalue weighted by molar-refractivity contribution is 5.94. The summed E-state index contributed by atoms with van der Waals surface area (Å²) in [6.45, 7) is 14.2. The van der Waals surface area contributed by atoms with E-state index in [0.29, 0.717) is 6.42 Å². The Hall–Kier alpha value is -1.64. The molecule has 2 aliphatic rings. The number of rotatable bonds is 10. The van der Waals surface area contributed by atoms with Crippen LogP contribution in [0, 0.1) is 17.3 Å². The molecule has 0 aliphatic heterocycles. The highest BCUT2D eigenvalue weighted by Gasteiger charge is 2.44. The molecule has 0 spiro atoms. The quantitative estimate of drug-likeness (QED) is 0.232. The second-order valence-corrected chi connectivity index (χ2v) is 8.67. The van der Waals surface area contributed by atoms with Crippen LogP contribution in [-0.4, -0.2) is 17.6 Å². The van der Waals surface area contributed by atoms with Crippen molar-refractivity contribution >= 4 is 11.6 Å². The van der Waals surface area contributed by atoms with E-state index in [1.807, 2.05) is 32.1 Å². The molecule has 2 unspecified atom stereocenters. The Balaban J connectivity index is 0.00000272. The summed E-state index contributed by atoms with van der Waals surface area (Å²) in [5.74, 6) is -0.210. The third-order valence-electron chi connectivity index (χ3n) is 6.35. The van der Waals surface area contributed by atoms with E-state index in [1.54, 1.807) is 6.92 Å². The molecule has 3 heteroatoms. The van der Waals surface area contributed by atoms with Crippen LogP contribution < -0.4 is 5.32 Å². The average molecular weight is 418 g/mol. The molecule has 1 fully saturated rings. The monoisotopic (exact) mass is 417 g/mol. The first-order valence-electron chi connectivity index (χ1n) is 11.7. The topological polar surface area (TPSA) is 46.2 Å². The molecule has 30 heavy (non-hydrogen) atoms. The van der Waals surface area contributed by atoms with E-state index in [1.165, 1.54) is 25.7 Å². The van der Waals surface area contributed by atoms with Gasteiger partial charge in [0.25, 0.3) is 0 Å². The molecule has 0 aromatic heterocycles. The molecule has 3 atom stereocenters. The second-order valence-electron chi connectivity index (χ2n) is 8.67. The van der Waals surface area contributed by atoms with Gasteiger partial charge in [-0.25, -0.2) is 0 Å². The first-order valence-corrected chi connectivity index (χ1v) is 11.7. The second kappa shape index (κ2) is 14.4. The molecule has 0 saturated heterocycles. The Labute approximate surface area is 186 Å². The van der Waals surface area contributed by atoms with Gasteiger partial charge in [0.2, 0.25) is 0 Å². The molecule has 1 N–H and O–H groups in total. The van der Waals surface area contributed by atoms with Crippen LogP contribution in [0.4, 0.5) is 0 Å². The van der Waals surface area contributed by atoms with Crippen molar-refractivity contribution < 1.29 is 9.59 Å². The summed E-state index contributed by atoms with van der Waals surface area (Å²) in [6, 6.07) is -0.270. The summed E-state index contributed by atoms with van der Waals surface area (Å²) in [7, 11) is 0. The molecule has 0 amide bonds. The molecule has 0 radical (unpaired) electrons. The molecular formula is C27H47NO2. The lowest BCUT2D eigenvalue weighted by molar-refractivity contribution is -0.133. The summed E-state index contributed by atoms with van der Waals surface area (Å²) >= 11 is 0. The van der Waals surface area contributed by atoms with Gasteiger partial charge in [-0.05, 0) is 44.1 Å². The Kier molecular flexibility index (Phi) is 13.6. The van der Waals surface area contributed by atoms with Crippen LogP contribution in [0.3, 0.4) is 0 Å². The highest BCUT2D eigenvalue weighted by atomic mass is 16.1. The Morgan fingerprint density at radius 1 is 1.23 bits per heavy atom. The third kappa shape index (κ3) is 7.89. The van der Waals surface area contributed by atoms with E-state index < -0.39 is 0 Å². The van der Waals surface area contributed by atoms with Gasteiger partial charge in [0.15, 0.2) is 5.78 Å². The highest BCUT2D eigenvalue weighted by Crippen LogP contribution is 2.42. The van der Waals surface area contributed by atoms with Crippen LogP contribution in [0.1, 0.15) is 99.8 Å². The van der Waals surface area contributed by atoms with E-state index in [-0.39, 0.29) is 42.3 Å². The molecule has 0 aromatic rings. The molecule has 0 aromatic carbocycles. The van der Waals surface area contributed by atoms with Crippen molar-refractivity contribution in [2.24, 2.45) is 17.3 Å². The zero-order valence-corrected chi connectivity index (χ0v) is 19.4. The number of ketones is 2. The smallest absolute Gasteiger partial charge is 0.159 e. The normalized spacial score (nSPS) is 23.1. The largest absolute Gasteiger partial charge is 0.375 e. The minimum absolute atomic E-state index is 0. The van der Waals surface area contributed by atoms with Crippen LogP contribution in [-0.2, 0) is 9.59 Å². The predicted octanol–water partition coefficient (Wildman–Crippen LogP) is 7.19. The SMILES string of the molecule is C.C=C(/C=C/CCCC)NC(C(=O)C1CC=C[C@H]1C(C)=O)C1(C)CCCCC1.CC. The van der Waals surface area contributed by atoms with Crippen molar-refractivity contribution in [3.63, 3.8) is 0 Å². The number of carbonyl (C=O) groups is 2. The maximum atomic E-state index is 13.6. The van der Waals surface area contributed by atoms with Crippen LogP contribution in [0.15, 0.2) is 36.6 Å². The fourth-order valence-corrected chi connectivity index (χ4v) is 4.60. The number of unbranched alkanes of at least 4 members (excludes halogenated alkanes) is 2. The summed E-state index contributed by atoms with van der Waals surface area (Å²) < 4.78 is 0. The third-order valence-corrected chi connectivity index (χ3v) is 6.35. The van der Waals surface area contributed by atoms with Crippen LogP contribution in [0.25, 0.3) is 0 Å². The number of carbonyl (C=O) groups excluding carboxylic acids is 2. The van der Waals surface area contributed by atoms with Gasteiger partial charge in [-0.2, -0.15) is 0 Å². The maximum Gasteiger partial charge on any atom is 0.159 e. The van der Waals surface area contributed by atoms with Crippen molar-refractivity contribution in [3.8, 4) is 0 Å². The Morgan fingerprint density at radius 3 is 2.43 bits per heavy atom. The number of hydrogen-bond acceptors (Lipinski definition) is 3. The van der Waals surface area contributed by atoms with E-state index in [0.717, 1.165) is 31.4 Å². The molecule has 2 rings (SSSR count). The van der Waals surface area contributed by atoms with E-state index >= 15 is 0 Å². The van der Waals surface area contributed by atoms with E-state index in [9.17, 15) is 9.59 Å². The standard InChI is InChI=1S/C24H37NO2.C2H6.CH4/c1-5-6-7-9-13-18(2)25-23(24(4)16-10-8-11-17-24)22(27)21-15-12-14-20(21)19(3)26;1-2;/h9,12-14,20-21,23,25H,2,5-8,10-11,15-17H2,1,3-4H3;1-2H3;1H4/b13-9+;;/t20-,21?,23?;;/m0../s1. The average Bonchev–Trinajstić information content (AvgIpc) is 3.21. The van der Waals surface area contributed by atoms with Gasteiger partial charge >= 0.3 is 0 Å². The molecular weight excluding hydrogens is 370 g/mol. The summed E-state index contributed by atoms with van der Waals surface area (Å²) in [4.78, 5) is 25.6. The van der Waals surface area contributed by atoms with Crippen molar-refractivity contribution in [3.05, 3.63) is 36.6 Å².